The van der Waals surface area contributed by atoms with Crippen LogP contribution in [0.25, 0.3) is 5.69 Å². The minimum absolute atomic E-state index is 0.00686. The number of aromatic nitrogens is 3. The highest BCUT2D eigenvalue weighted by molar-refractivity contribution is 5.72. The minimum atomic E-state index is -0.0788. The lowest BCUT2D eigenvalue weighted by Gasteiger charge is -2.29. The van der Waals surface area contributed by atoms with Crippen LogP contribution in [0.1, 0.15) is 19.8 Å². The summed E-state index contributed by atoms with van der Waals surface area (Å²) in [5.41, 5.74) is 0.989. The summed E-state index contributed by atoms with van der Waals surface area (Å²) in [7, 11) is 0. The molecule has 0 radical (unpaired) electrons. The van der Waals surface area contributed by atoms with Crippen molar-refractivity contribution in [1.29, 1.82) is 0 Å². The first-order valence-corrected chi connectivity index (χ1v) is 7.66. The average Bonchev–Trinajstić information content (AvgIpc) is 3.06. The van der Waals surface area contributed by atoms with Crippen LogP contribution in [0, 0.1) is 5.92 Å². The van der Waals surface area contributed by atoms with E-state index >= 15 is 0 Å². The molecule has 3 rings (SSSR count). The Kier molecular flexibility index (Phi) is 4.37. The summed E-state index contributed by atoms with van der Waals surface area (Å²) < 4.78 is 6.86. The first-order valence-electron chi connectivity index (χ1n) is 7.66. The Morgan fingerprint density at radius 2 is 2.00 bits per heavy atom. The van der Waals surface area contributed by atoms with E-state index in [1.807, 2.05) is 37.3 Å². The SMILES string of the molecule is CCOC(=O)C1CCN(c2ncn(-c3ccccc3)n2)CC1. The van der Waals surface area contributed by atoms with Crippen LogP contribution in [-0.4, -0.2) is 40.4 Å². The van der Waals surface area contributed by atoms with Gasteiger partial charge in [-0.2, -0.15) is 4.98 Å². The summed E-state index contributed by atoms with van der Waals surface area (Å²) in [5, 5.41) is 4.53. The number of benzene rings is 1. The summed E-state index contributed by atoms with van der Waals surface area (Å²) in [6, 6.07) is 9.90. The third kappa shape index (κ3) is 3.10. The molecular formula is C16H20N4O2. The van der Waals surface area contributed by atoms with Crippen molar-refractivity contribution in [2.75, 3.05) is 24.6 Å². The molecule has 2 aromatic rings. The highest BCUT2D eigenvalue weighted by atomic mass is 16.5. The van der Waals surface area contributed by atoms with E-state index in [2.05, 4.69) is 15.0 Å². The van der Waals surface area contributed by atoms with Gasteiger partial charge in [-0.3, -0.25) is 4.79 Å². The monoisotopic (exact) mass is 300 g/mol. The van der Waals surface area contributed by atoms with Gasteiger partial charge in [0.2, 0.25) is 5.95 Å². The van der Waals surface area contributed by atoms with Crippen LogP contribution in [0.4, 0.5) is 5.95 Å². The van der Waals surface area contributed by atoms with Gasteiger partial charge in [-0.1, -0.05) is 18.2 Å². The van der Waals surface area contributed by atoms with Gasteiger partial charge in [0.15, 0.2) is 0 Å². The van der Waals surface area contributed by atoms with E-state index in [-0.39, 0.29) is 11.9 Å². The summed E-state index contributed by atoms with van der Waals surface area (Å²) >= 11 is 0. The minimum Gasteiger partial charge on any atom is -0.466 e. The number of nitrogens with zero attached hydrogens (tertiary/aromatic N) is 4. The van der Waals surface area contributed by atoms with Crippen LogP contribution in [0.5, 0.6) is 0 Å². The van der Waals surface area contributed by atoms with Gasteiger partial charge in [0.05, 0.1) is 18.2 Å². The quantitative estimate of drug-likeness (QED) is 0.809. The number of esters is 1. The van der Waals surface area contributed by atoms with Crippen molar-refractivity contribution >= 4 is 11.9 Å². The van der Waals surface area contributed by atoms with Gasteiger partial charge < -0.3 is 9.64 Å². The molecule has 22 heavy (non-hydrogen) atoms. The van der Waals surface area contributed by atoms with E-state index in [0.717, 1.165) is 31.6 Å². The summed E-state index contributed by atoms with van der Waals surface area (Å²) in [4.78, 5) is 18.3. The lowest BCUT2D eigenvalue weighted by atomic mass is 9.97. The molecule has 2 heterocycles. The number of ether oxygens (including phenoxy) is 1. The molecule has 0 aliphatic carbocycles. The van der Waals surface area contributed by atoms with Gasteiger partial charge in [0, 0.05) is 13.1 Å². The molecule has 1 aliphatic rings. The Labute approximate surface area is 129 Å². The maximum absolute atomic E-state index is 11.8. The fourth-order valence-corrected chi connectivity index (χ4v) is 2.68. The van der Waals surface area contributed by atoms with E-state index in [1.54, 1.807) is 11.0 Å². The van der Waals surface area contributed by atoms with Gasteiger partial charge in [0.1, 0.15) is 6.33 Å². The molecule has 0 N–H and O–H groups in total. The number of hydrogen-bond acceptors (Lipinski definition) is 5. The van der Waals surface area contributed by atoms with Crippen LogP contribution in [-0.2, 0) is 9.53 Å². The summed E-state index contributed by atoms with van der Waals surface area (Å²) in [6.07, 6.45) is 3.31. The van der Waals surface area contributed by atoms with Gasteiger partial charge in [-0.05, 0) is 31.9 Å². The standard InChI is InChI=1S/C16H20N4O2/c1-2-22-15(21)13-8-10-19(11-9-13)16-17-12-20(18-16)14-6-4-3-5-7-14/h3-7,12-13H,2,8-11H2,1H3. The van der Waals surface area contributed by atoms with Crippen molar-refractivity contribution in [1.82, 2.24) is 14.8 Å². The maximum Gasteiger partial charge on any atom is 0.309 e. The highest BCUT2D eigenvalue weighted by Crippen LogP contribution is 2.22. The first kappa shape index (κ1) is 14.6. The zero-order valence-electron chi connectivity index (χ0n) is 12.7. The van der Waals surface area contributed by atoms with Crippen molar-refractivity contribution in [2.45, 2.75) is 19.8 Å². The zero-order chi connectivity index (χ0) is 15.4. The van der Waals surface area contributed by atoms with Gasteiger partial charge >= 0.3 is 5.97 Å². The van der Waals surface area contributed by atoms with Crippen molar-refractivity contribution in [2.24, 2.45) is 5.92 Å². The molecule has 0 bridgehead atoms. The molecule has 0 saturated carbocycles. The second-order valence-electron chi connectivity index (χ2n) is 5.34. The van der Waals surface area contributed by atoms with E-state index in [0.29, 0.717) is 12.6 Å². The predicted molar refractivity (Wildman–Crippen MR) is 82.9 cm³/mol. The third-order valence-electron chi connectivity index (χ3n) is 3.90. The van der Waals surface area contributed by atoms with Crippen LogP contribution in [0.3, 0.4) is 0 Å². The molecule has 0 spiro atoms. The van der Waals surface area contributed by atoms with Crippen molar-refractivity contribution in [3.05, 3.63) is 36.7 Å². The first-order chi connectivity index (χ1) is 10.8. The molecule has 1 aromatic carbocycles. The van der Waals surface area contributed by atoms with Crippen molar-refractivity contribution < 1.29 is 9.53 Å². The molecule has 1 saturated heterocycles. The fraction of sp³-hybridized carbons (Fsp3) is 0.438. The number of piperidine rings is 1. The zero-order valence-corrected chi connectivity index (χ0v) is 12.7. The van der Waals surface area contributed by atoms with Crippen molar-refractivity contribution in [3.63, 3.8) is 0 Å². The molecule has 116 valence electrons. The van der Waals surface area contributed by atoms with Crippen LogP contribution < -0.4 is 4.90 Å². The molecule has 0 amide bonds. The lowest BCUT2D eigenvalue weighted by molar-refractivity contribution is -0.148. The second kappa shape index (κ2) is 6.60. The summed E-state index contributed by atoms with van der Waals surface area (Å²) in [5.74, 6) is 0.642. The van der Waals surface area contributed by atoms with Gasteiger partial charge in [-0.15, -0.1) is 5.10 Å². The largest absolute Gasteiger partial charge is 0.466 e. The smallest absolute Gasteiger partial charge is 0.309 e. The van der Waals surface area contributed by atoms with E-state index in [1.165, 1.54) is 0 Å². The number of carbonyl (C=O) groups excluding carboxylic acids is 1. The Morgan fingerprint density at radius 3 is 2.68 bits per heavy atom. The maximum atomic E-state index is 11.8. The van der Waals surface area contributed by atoms with Crippen LogP contribution in [0.15, 0.2) is 36.7 Å². The molecule has 1 aromatic heterocycles. The predicted octanol–water partition coefficient (Wildman–Crippen LogP) is 2.05. The van der Waals surface area contributed by atoms with Crippen LogP contribution in [0.2, 0.25) is 0 Å². The molecular weight excluding hydrogens is 280 g/mol. The Balaban J connectivity index is 1.63. The fourth-order valence-electron chi connectivity index (χ4n) is 2.68. The molecule has 6 heteroatoms. The Morgan fingerprint density at radius 1 is 1.27 bits per heavy atom. The number of para-hydroxylation sites is 1. The van der Waals surface area contributed by atoms with Crippen LogP contribution >= 0.6 is 0 Å². The highest BCUT2D eigenvalue weighted by Gasteiger charge is 2.27. The second-order valence-corrected chi connectivity index (χ2v) is 5.34. The molecule has 1 fully saturated rings. The molecule has 1 aliphatic heterocycles. The Bertz CT molecular complexity index is 618. The number of carbonyl (C=O) groups is 1. The number of hydrogen-bond donors (Lipinski definition) is 0. The third-order valence-corrected chi connectivity index (χ3v) is 3.90. The average molecular weight is 300 g/mol. The van der Waals surface area contributed by atoms with E-state index in [9.17, 15) is 4.79 Å². The summed E-state index contributed by atoms with van der Waals surface area (Å²) in [6.45, 7) is 3.85. The molecule has 0 unspecified atom stereocenters. The van der Waals surface area contributed by atoms with E-state index < -0.39 is 0 Å². The normalized spacial score (nSPS) is 15.8. The van der Waals surface area contributed by atoms with Crippen molar-refractivity contribution in [3.8, 4) is 5.69 Å². The number of rotatable bonds is 4. The Hall–Kier alpha value is -2.37. The molecule has 6 nitrogen and oxygen atoms in total. The topological polar surface area (TPSA) is 60.2 Å². The van der Waals surface area contributed by atoms with Gasteiger partial charge in [-0.25, -0.2) is 4.68 Å². The lowest BCUT2D eigenvalue weighted by Crippen LogP contribution is -2.37. The van der Waals surface area contributed by atoms with Gasteiger partial charge in [0.25, 0.3) is 0 Å². The molecule has 0 atom stereocenters. The number of anilines is 1. The van der Waals surface area contributed by atoms with E-state index in [4.69, 9.17) is 4.74 Å².